The van der Waals surface area contributed by atoms with E-state index >= 15 is 0 Å². The van der Waals surface area contributed by atoms with E-state index in [-0.39, 0.29) is 0 Å². The van der Waals surface area contributed by atoms with Crippen molar-refractivity contribution in [2.75, 3.05) is 7.11 Å². The number of ether oxygens (including phenoxy) is 2. The van der Waals surface area contributed by atoms with Crippen LogP contribution < -0.4 is 9.47 Å². The van der Waals surface area contributed by atoms with E-state index < -0.39 is 0 Å². The Morgan fingerprint density at radius 3 is 2.31 bits per heavy atom. The zero-order valence-corrected chi connectivity index (χ0v) is 10.2. The van der Waals surface area contributed by atoms with E-state index in [2.05, 4.69) is 38.4 Å². The fraction of sp³-hybridized carbons (Fsp3) is 0.111. The summed E-state index contributed by atoms with van der Waals surface area (Å²) in [6.07, 6.45) is 1.37. The zero-order valence-electron chi connectivity index (χ0n) is 7.01. The predicted octanol–water partition coefficient (Wildman–Crippen LogP) is 3.74. The van der Waals surface area contributed by atoms with Gasteiger partial charge in [-0.1, -0.05) is 6.58 Å². The van der Waals surface area contributed by atoms with Gasteiger partial charge in [-0.25, -0.2) is 0 Å². The number of benzene rings is 1. The minimum absolute atomic E-state index is 0.697. The first-order valence-corrected chi connectivity index (χ1v) is 5.08. The van der Waals surface area contributed by atoms with Gasteiger partial charge in [-0.3, -0.25) is 0 Å². The Morgan fingerprint density at radius 1 is 1.23 bits per heavy atom. The molecule has 1 aromatic carbocycles. The van der Waals surface area contributed by atoms with Crippen molar-refractivity contribution in [3.8, 4) is 11.5 Å². The normalized spacial score (nSPS) is 9.46. The van der Waals surface area contributed by atoms with Gasteiger partial charge in [-0.2, -0.15) is 0 Å². The van der Waals surface area contributed by atoms with Crippen LogP contribution in [0.3, 0.4) is 0 Å². The topological polar surface area (TPSA) is 18.5 Å². The van der Waals surface area contributed by atoms with Gasteiger partial charge in [-0.05, 0) is 44.0 Å². The fourth-order valence-corrected chi connectivity index (χ4v) is 1.75. The predicted molar refractivity (Wildman–Crippen MR) is 59.2 cm³/mol. The molecule has 0 aliphatic carbocycles. The molecule has 0 atom stereocenters. The van der Waals surface area contributed by atoms with E-state index in [1.807, 2.05) is 12.1 Å². The van der Waals surface area contributed by atoms with Gasteiger partial charge in [0.25, 0.3) is 0 Å². The lowest BCUT2D eigenvalue weighted by Gasteiger charge is -2.07. The molecule has 0 aromatic heterocycles. The summed E-state index contributed by atoms with van der Waals surface area (Å²) in [5.74, 6) is 1.45. The van der Waals surface area contributed by atoms with E-state index in [1.165, 1.54) is 6.26 Å². The molecule has 1 rings (SSSR count). The van der Waals surface area contributed by atoms with Crippen LogP contribution in [0.4, 0.5) is 0 Å². The van der Waals surface area contributed by atoms with Crippen LogP contribution in [0.2, 0.25) is 0 Å². The summed E-state index contributed by atoms with van der Waals surface area (Å²) in [6, 6.07) is 3.63. The van der Waals surface area contributed by atoms with Crippen molar-refractivity contribution in [2.45, 2.75) is 0 Å². The van der Waals surface area contributed by atoms with Crippen molar-refractivity contribution in [2.24, 2.45) is 0 Å². The standard InChI is InChI=1S/C9H8Br2O2/c1-3-13-9-5-6(10)8(12-2)4-7(9)11/h3-5H,1H2,2H3. The van der Waals surface area contributed by atoms with Gasteiger partial charge in [-0.15, -0.1) is 0 Å². The van der Waals surface area contributed by atoms with Crippen LogP contribution in [0.5, 0.6) is 11.5 Å². The molecule has 0 heterocycles. The van der Waals surface area contributed by atoms with E-state index in [1.54, 1.807) is 7.11 Å². The van der Waals surface area contributed by atoms with Crippen LogP contribution in [-0.2, 0) is 0 Å². The Morgan fingerprint density at radius 2 is 1.77 bits per heavy atom. The molecule has 13 heavy (non-hydrogen) atoms. The van der Waals surface area contributed by atoms with Gasteiger partial charge in [0.05, 0.1) is 22.3 Å². The molecule has 0 spiro atoms. The molecule has 4 heteroatoms. The third-order valence-electron chi connectivity index (χ3n) is 1.42. The first-order valence-electron chi connectivity index (χ1n) is 3.49. The Kier molecular flexibility index (Phi) is 3.81. The third-order valence-corrected chi connectivity index (χ3v) is 2.66. The number of rotatable bonds is 3. The maximum atomic E-state index is 5.15. The summed E-state index contributed by atoms with van der Waals surface area (Å²) in [4.78, 5) is 0. The van der Waals surface area contributed by atoms with Crippen LogP contribution in [0, 0.1) is 0 Å². The summed E-state index contributed by atoms with van der Waals surface area (Å²) in [6.45, 7) is 3.48. The maximum absolute atomic E-state index is 5.15. The average molecular weight is 308 g/mol. The molecular formula is C9H8Br2O2. The second kappa shape index (κ2) is 4.67. The van der Waals surface area contributed by atoms with Crippen molar-refractivity contribution < 1.29 is 9.47 Å². The second-order valence-corrected chi connectivity index (χ2v) is 3.91. The van der Waals surface area contributed by atoms with Gasteiger partial charge >= 0.3 is 0 Å². The Bertz CT molecular complexity index is 324. The third kappa shape index (κ3) is 2.48. The van der Waals surface area contributed by atoms with Gasteiger partial charge in [0, 0.05) is 0 Å². The lowest BCUT2D eigenvalue weighted by molar-refractivity contribution is 0.409. The van der Waals surface area contributed by atoms with Crippen LogP contribution >= 0.6 is 31.9 Å². The van der Waals surface area contributed by atoms with Crippen molar-refractivity contribution >= 4 is 31.9 Å². The Labute approximate surface area is 93.8 Å². The molecule has 0 unspecified atom stereocenters. The minimum atomic E-state index is 0.697. The first-order chi connectivity index (χ1) is 6.19. The van der Waals surface area contributed by atoms with Gasteiger partial charge in [0.2, 0.25) is 0 Å². The molecule has 0 fully saturated rings. The highest BCUT2D eigenvalue weighted by molar-refractivity contribution is 9.11. The van der Waals surface area contributed by atoms with Crippen LogP contribution in [0.1, 0.15) is 0 Å². The Hall–Kier alpha value is -0.480. The van der Waals surface area contributed by atoms with E-state index in [4.69, 9.17) is 9.47 Å². The van der Waals surface area contributed by atoms with Crippen LogP contribution in [0.25, 0.3) is 0 Å². The van der Waals surface area contributed by atoms with Gasteiger partial charge in [0.15, 0.2) is 0 Å². The fourth-order valence-electron chi connectivity index (χ4n) is 0.847. The van der Waals surface area contributed by atoms with Crippen molar-refractivity contribution in [3.05, 3.63) is 33.9 Å². The zero-order chi connectivity index (χ0) is 9.84. The van der Waals surface area contributed by atoms with E-state index in [0.29, 0.717) is 5.75 Å². The molecule has 2 nitrogen and oxygen atoms in total. The molecule has 0 amide bonds. The summed E-state index contributed by atoms with van der Waals surface area (Å²) < 4.78 is 11.9. The van der Waals surface area contributed by atoms with Crippen molar-refractivity contribution in [3.63, 3.8) is 0 Å². The SMILES string of the molecule is C=COc1cc(Br)c(OC)cc1Br. The van der Waals surface area contributed by atoms with Crippen molar-refractivity contribution in [1.29, 1.82) is 0 Å². The smallest absolute Gasteiger partial charge is 0.142 e. The van der Waals surface area contributed by atoms with E-state index in [9.17, 15) is 0 Å². The molecule has 0 saturated heterocycles. The highest BCUT2D eigenvalue weighted by atomic mass is 79.9. The Balaban J connectivity index is 3.12. The molecular weight excluding hydrogens is 300 g/mol. The first kappa shape index (κ1) is 10.6. The van der Waals surface area contributed by atoms with Crippen molar-refractivity contribution in [1.82, 2.24) is 0 Å². The lowest BCUT2D eigenvalue weighted by atomic mass is 10.3. The summed E-state index contributed by atoms with van der Waals surface area (Å²) in [5.41, 5.74) is 0. The largest absolute Gasteiger partial charge is 0.496 e. The van der Waals surface area contributed by atoms with E-state index in [0.717, 1.165) is 14.7 Å². The quantitative estimate of drug-likeness (QED) is 0.792. The molecule has 0 aliphatic heterocycles. The highest BCUT2D eigenvalue weighted by Gasteiger charge is 2.06. The minimum Gasteiger partial charge on any atom is -0.496 e. The molecule has 0 radical (unpaired) electrons. The number of hydrogen-bond acceptors (Lipinski definition) is 2. The van der Waals surface area contributed by atoms with Crippen LogP contribution in [-0.4, -0.2) is 7.11 Å². The average Bonchev–Trinajstić information content (AvgIpc) is 2.11. The summed E-state index contributed by atoms with van der Waals surface area (Å²) in [7, 11) is 1.61. The number of methoxy groups -OCH3 is 1. The molecule has 1 aromatic rings. The number of halogens is 2. The summed E-state index contributed by atoms with van der Waals surface area (Å²) in [5, 5.41) is 0. The molecule has 70 valence electrons. The molecule has 0 bridgehead atoms. The highest BCUT2D eigenvalue weighted by Crippen LogP contribution is 2.35. The molecule has 0 aliphatic rings. The van der Waals surface area contributed by atoms with Gasteiger partial charge in [0.1, 0.15) is 11.5 Å². The number of hydrogen-bond donors (Lipinski definition) is 0. The van der Waals surface area contributed by atoms with Crippen LogP contribution in [0.15, 0.2) is 33.9 Å². The lowest BCUT2D eigenvalue weighted by Crippen LogP contribution is -1.87. The summed E-state index contributed by atoms with van der Waals surface area (Å²) >= 11 is 6.70. The second-order valence-electron chi connectivity index (χ2n) is 2.20. The molecule has 0 N–H and O–H groups in total. The van der Waals surface area contributed by atoms with Gasteiger partial charge < -0.3 is 9.47 Å². The monoisotopic (exact) mass is 306 g/mol. The maximum Gasteiger partial charge on any atom is 0.142 e. The molecule has 0 saturated carbocycles.